The number of nitrogens with one attached hydrogen (secondary N) is 1. The Morgan fingerprint density at radius 1 is 1.21 bits per heavy atom. The number of thioether (sulfide) groups is 1. The molecule has 0 radical (unpaired) electrons. The molecule has 2 aromatic carbocycles. The number of hydrogen-bond acceptors (Lipinski definition) is 7. The number of ether oxygens (including phenoxy) is 1. The van der Waals surface area contributed by atoms with Crippen molar-refractivity contribution in [3.05, 3.63) is 59.4 Å². The summed E-state index contributed by atoms with van der Waals surface area (Å²) in [6, 6.07) is 10.4. The van der Waals surface area contributed by atoms with Crippen molar-refractivity contribution in [2.45, 2.75) is 39.0 Å². The number of benzene rings is 2. The maximum atomic E-state index is 12.7. The van der Waals surface area contributed by atoms with Crippen LogP contribution in [0.3, 0.4) is 0 Å². The lowest BCUT2D eigenvalue weighted by Crippen LogP contribution is -2.08. The summed E-state index contributed by atoms with van der Waals surface area (Å²) in [6.07, 6.45) is 3.36. The van der Waals surface area contributed by atoms with E-state index in [0.29, 0.717) is 11.7 Å². The largest absolute Gasteiger partial charge is 0.493 e. The average Bonchev–Trinajstić information content (AvgIpc) is 3.43. The van der Waals surface area contributed by atoms with Crippen molar-refractivity contribution in [1.29, 1.82) is 0 Å². The van der Waals surface area contributed by atoms with Crippen molar-refractivity contribution < 1.29 is 13.9 Å². The molecule has 6 nitrogen and oxygen atoms in total. The van der Waals surface area contributed by atoms with E-state index in [2.05, 4.69) is 53.6 Å². The fraction of sp³-hybridized carbons (Fsp3) is 0.269. The van der Waals surface area contributed by atoms with Gasteiger partial charge in [0.15, 0.2) is 4.34 Å². The zero-order valence-corrected chi connectivity index (χ0v) is 21.5. The minimum Gasteiger partial charge on any atom is -0.493 e. The molecule has 0 aliphatic rings. The molecule has 0 bridgehead atoms. The van der Waals surface area contributed by atoms with E-state index in [1.165, 1.54) is 16.9 Å². The van der Waals surface area contributed by atoms with Gasteiger partial charge in [0.1, 0.15) is 11.3 Å². The number of anilines is 1. The summed E-state index contributed by atoms with van der Waals surface area (Å²) in [7, 11) is 0. The molecule has 0 unspecified atom stereocenters. The number of allylic oxidation sites excluding steroid dienone is 1. The van der Waals surface area contributed by atoms with Gasteiger partial charge < -0.3 is 9.15 Å². The quantitative estimate of drug-likeness (QED) is 0.160. The van der Waals surface area contributed by atoms with Gasteiger partial charge in [-0.25, -0.2) is 0 Å². The molecule has 8 heteroatoms. The Morgan fingerprint density at radius 3 is 2.68 bits per heavy atom. The summed E-state index contributed by atoms with van der Waals surface area (Å²) in [6.45, 7) is 10.5. The number of carbonyl (C=O) groups excluding carboxylic acids is 1. The second-order valence-corrected chi connectivity index (χ2v) is 10.3. The molecule has 176 valence electrons. The van der Waals surface area contributed by atoms with Crippen molar-refractivity contribution >= 4 is 50.7 Å². The fourth-order valence-electron chi connectivity index (χ4n) is 3.75. The maximum absolute atomic E-state index is 12.7. The molecule has 0 aliphatic heterocycles. The zero-order chi connectivity index (χ0) is 24.2. The number of hydrogen-bond donors (Lipinski definition) is 1. The van der Waals surface area contributed by atoms with E-state index in [0.717, 1.165) is 54.6 Å². The second-order valence-electron chi connectivity index (χ2n) is 7.83. The average molecular weight is 494 g/mol. The Balaban J connectivity index is 1.72. The lowest BCUT2D eigenvalue weighted by atomic mass is 9.96. The molecule has 0 saturated carbocycles. The van der Waals surface area contributed by atoms with Gasteiger partial charge in [0.2, 0.25) is 11.0 Å². The van der Waals surface area contributed by atoms with E-state index in [1.807, 2.05) is 26.8 Å². The first-order valence-corrected chi connectivity index (χ1v) is 12.9. The number of carbonyl (C=O) groups is 1. The number of rotatable bonds is 8. The SMILES string of the molecule is CCOc1c(/C(C)=C/C(=O)Nc2nnc(SCC)s2)cc2c(-c3ccc(C)cc3)coc2c1C. The van der Waals surface area contributed by atoms with Crippen LogP contribution in [0.1, 0.15) is 37.5 Å². The monoisotopic (exact) mass is 493 g/mol. The van der Waals surface area contributed by atoms with Crippen LogP contribution in [0.15, 0.2) is 51.4 Å². The van der Waals surface area contributed by atoms with Crippen LogP contribution in [0.4, 0.5) is 5.13 Å². The van der Waals surface area contributed by atoms with Gasteiger partial charge in [0, 0.05) is 28.2 Å². The number of nitrogens with zero attached hydrogens (tertiary/aromatic N) is 2. The number of aryl methyl sites for hydroxylation is 2. The molecule has 2 heterocycles. The van der Waals surface area contributed by atoms with Gasteiger partial charge in [-0.3, -0.25) is 10.1 Å². The molecule has 0 spiro atoms. The standard InChI is InChI=1S/C26H27N3O3S2/c1-6-31-23-17(5)24-20(21(14-32-24)18-10-8-15(3)9-11-18)13-19(23)16(4)12-22(30)27-25-28-29-26(34-25)33-7-2/h8-14H,6-7H2,1-5H3,(H,27,28,30)/b16-12+. The van der Waals surface area contributed by atoms with E-state index >= 15 is 0 Å². The van der Waals surface area contributed by atoms with Crippen LogP contribution >= 0.6 is 23.1 Å². The van der Waals surface area contributed by atoms with Crippen LogP contribution < -0.4 is 10.1 Å². The lowest BCUT2D eigenvalue weighted by Gasteiger charge is -2.15. The van der Waals surface area contributed by atoms with Crippen LogP contribution in [-0.2, 0) is 4.79 Å². The predicted octanol–water partition coefficient (Wildman–Crippen LogP) is 7.12. The summed E-state index contributed by atoms with van der Waals surface area (Å²) in [5, 5.41) is 12.4. The van der Waals surface area contributed by atoms with Crippen molar-refractivity contribution in [3.8, 4) is 16.9 Å². The highest BCUT2D eigenvalue weighted by atomic mass is 32.2. The molecule has 0 atom stereocenters. The van der Waals surface area contributed by atoms with Crippen LogP contribution in [-0.4, -0.2) is 28.5 Å². The van der Waals surface area contributed by atoms with Gasteiger partial charge in [-0.15, -0.1) is 10.2 Å². The number of furan rings is 1. The van der Waals surface area contributed by atoms with Crippen molar-refractivity contribution in [1.82, 2.24) is 10.2 Å². The predicted molar refractivity (Wildman–Crippen MR) is 141 cm³/mol. The highest BCUT2D eigenvalue weighted by molar-refractivity contribution is 8.01. The summed E-state index contributed by atoms with van der Waals surface area (Å²) in [5.74, 6) is 1.37. The van der Waals surface area contributed by atoms with Gasteiger partial charge in [-0.2, -0.15) is 0 Å². The van der Waals surface area contributed by atoms with E-state index in [1.54, 1.807) is 24.1 Å². The van der Waals surface area contributed by atoms with Crippen molar-refractivity contribution in [2.24, 2.45) is 0 Å². The third-order valence-electron chi connectivity index (χ3n) is 5.37. The van der Waals surface area contributed by atoms with Gasteiger partial charge in [0.25, 0.3) is 0 Å². The first kappa shape index (κ1) is 24.0. The molecular weight excluding hydrogens is 466 g/mol. The highest BCUT2D eigenvalue weighted by Gasteiger charge is 2.19. The molecule has 2 aromatic heterocycles. The van der Waals surface area contributed by atoms with Crippen LogP contribution in [0.5, 0.6) is 5.75 Å². The van der Waals surface area contributed by atoms with Crippen molar-refractivity contribution in [3.63, 3.8) is 0 Å². The molecular formula is C26H27N3O3S2. The molecule has 1 amide bonds. The summed E-state index contributed by atoms with van der Waals surface area (Å²) in [5.41, 5.74) is 6.63. The third kappa shape index (κ3) is 5.03. The summed E-state index contributed by atoms with van der Waals surface area (Å²) in [4.78, 5) is 12.7. The Kier molecular flexibility index (Phi) is 7.38. The molecule has 0 aliphatic carbocycles. The Bertz CT molecular complexity index is 1350. The van der Waals surface area contributed by atoms with Crippen molar-refractivity contribution in [2.75, 3.05) is 17.7 Å². The van der Waals surface area contributed by atoms with Gasteiger partial charge in [0.05, 0.1) is 12.9 Å². The molecule has 4 rings (SSSR count). The highest BCUT2D eigenvalue weighted by Crippen LogP contribution is 2.40. The van der Waals surface area contributed by atoms with Gasteiger partial charge in [-0.1, -0.05) is 59.9 Å². The van der Waals surface area contributed by atoms with Gasteiger partial charge >= 0.3 is 0 Å². The zero-order valence-electron chi connectivity index (χ0n) is 19.9. The minimum absolute atomic E-state index is 0.257. The second kappa shape index (κ2) is 10.4. The first-order chi connectivity index (χ1) is 16.4. The van der Waals surface area contributed by atoms with E-state index in [4.69, 9.17) is 9.15 Å². The summed E-state index contributed by atoms with van der Waals surface area (Å²) < 4.78 is 12.8. The Hall–Kier alpha value is -3.10. The van der Waals surface area contributed by atoms with Gasteiger partial charge in [-0.05, 0) is 50.7 Å². The number of fused-ring (bicyclic) bond motifs is 1. The lowest BCUT2D eigenvalue weighted by molar-refractivity contribution is -0.111. The molecule has 1 N–H and O–H groups in total. The van der Waals surface area contributed by atoms with Crippen LogP contribution in [0.2, 0.25) is 0 Å². The summed E-state index contributed by atoms with van der Waals surface area (Å²) >= 11 is 2.97. The fourth-order valence-corrected chi connectivity index (χ4v) is 5.41. The molecule has 4 aromatic rings. The van der Waals surface area contributed by atoms with E-state index in [9.17, 15) is 4.79 Å². The normalized spacial score (nSPS) is 11.7. The Labute approximate surface area is 207 Å². The van der Waals surface area contributed by atoms with E-state index < -0.39 is 0 Å². The van der Waals surface area contributed by atoms with Crippen LogP contribution in [0, 0.1) is 13.8 Å². The van der Waals surface area contributed by atoms with E-state index in [-0.39, 0.29) is 5.91 Å². The van der Waals surface area contributed by atoms with Crippen LogP contribution in [0.25, 0.3) is 27.7 Å². The third-order valence-corrected chi connectivity index (χ3v) is 7.23. The number of amides is 1. The molecule has 0 saturated heterocycles. The maximum Gasteiger partial charge on any atom is 0.250 e. The Morgan fingerprint density at radius 2 is 1.97 bits per heavy atom. The topological polar surface area (TPSA) is 77.2 Å². The first-order valence-electron chi connectivity index (χ1n) is 11.1. The minimum atomic E-state index is -0.257. The smallest absolute Gasteiger partial charge is 0.250 e. The molecule has 0 fully saturated rings. The molecule has 34 heavy (non-hydrogen) atoms. The number of aromatic nitrogens is 2.